The third kappa shape index (κ3) is 3.32. The number of halogens is 1. The van der Waals surface area contributed by atoms with Gasteiger partial charge < -0.3 is 10.1 Å². The smallest absolute Gasteiger partial charge is 0.273 e. The van der Waals surface area contributed by atoms with E-state index in [1.54, 1.807) is 19.2 Å². The van der Waals surface area contributed by atoms with Gasteiger partial charge in [0, 0.05) is 36.3 Å². The van der Waals surface area contributed by atoms with E-state index >= 15 is 0 Å². The Bertz CT molecular complexity index is 469. The largest absolute Gasteiger partial charge is 0.377 e. The summed E-state index contributed by atoms with van der Waals surface area (Å²) in [6, 6.07) is 4.99. The summed E-state index contributed by atoms with van der Waals surface area (Å²) in [6.07, 6.45) is 3.29. The number of nitrogens with one attached hydrogen (secondary N) is 1. The Kier molecular flexibility index (Phi) is 4.54. The van der Waals surface area contributed by atoms with Crippen molar-refractivity contribution in [1.82, 2.24) is 5.32 Å². The van der Waals surface area contributed by atoms with Gasteiger partial charge in [0.15, 0.2) is 0 Å². The van der Waals surface area contributed by atoms with Gasteiger partial charge >= 0.3 is 0 Å². The van der Waals surface area contributed by atoms with Gasteiger partial charge in [-0.3, -0.25) is 10.1 Å². The Morgan fingerprint density at radius 2 is 2.26 bits per heavy atom. The van der Waals surface area contributed by atoms with Crippen molar-refractivity contribution in [2.24, 2.45) is 0 Å². The van der Waals surface area contributed by atoms with Crippen LogP contribution in [0.2, 0.25) is 0 Å². The fourth-order valence-corrected chi connectivity index (χ4v) is 2.73. The number of hydrogen-bond donors (Lipinski definition) is 1. The van der Waals surface area contributed by atoms with Gasteiger partial charge in [0.1, 0.15) is 0 Å². The molecule has 1 saturated carbocycles. The zero-order valence-corrected chi connectivity index (χ0v) is 12.4. The quantitative estimate of drug-likeness (QED) is 0.644. The number of nitro benzene ring substituents is 1. The van der Waals surface area contributed by atoms with E-state index in [1.165, 1.54) is 12.5 Å². The fourth-order valence-electron chi connectivity index (χ4n) is 2.32. The highest BCUT2D eigenvalue weighted by Crippen LogP contribution is 2.34. The maximum atomic E-state index is 11.0. The van der Waals surface area contributed by atoms with Crippen molar-refractivity contribution < 1.29 is 9.66 Å². The predicted molar refractivity (Wildman–Crippen MR) is 76.1 cm³/mol. The number of rotatable bonds is 6. The van der Waals surface area contributed by atoms with Crippen LogP contribution in [0.4, 0.5) is 5.69 Å². The molecule has 0 unspecified atom stereocenters. The number of methoxy groups -OCH3 is 1. The van der Waals surface area contributed by atoms with Crippen LogP contribution in [0.25, 0.3) is 0 Å². The van der Waals surface area contributed by atoms with E-state index in [0.29, 0.717) is 12.1 Å². The van der Waals surface area contributed by atoms with Crippen molar-refractivity contribution in [2.45, 2.75) is 31.4 Å². The number of nitro groups is 1. The molecule has 0 heterocycles. The highest BCUT2D eigenvalue weighted by atomic mass is 79.9. The summed E-state index contributed by atoms with van der Waals surface area (Å²) in [6.45, 7) is 1.20. The minimum Gasteiger partial charge on any atom is -0.377 e. The van der Waals surface area contributed by atoms with Crippen LogP contribution >= 0.6 is 15.9 Å². The second-order valence-corrected chi connectivity index (χ2v) is 5.79. The molecule has 1 aliphatic carbocycles. The lowest BCUT2D eigenvalue weighted by Gasteiger charge is -2.40. The highest BCUT2D eigenvalue weighted by Gasteiger charge is 2.36. The lowest BCUT2D eigenvalue weighted by molar-refractivity contribution is -0.385. The molecular formula is C13H17BrN2O3. The average molecular weight is 329 g/mol. The van der Waals surface area contributed by atoms with Gasteiger partial charge in [-0.25, -0.2) is 0 Å². The van der Waals surface area contributed by atoms with Crippen molar-refractivity contribution in [1.29, 1.82) is 0 Å². The van der Waals surface area contributed by atoms with Crippen molar-refractivity contribution in [3.8, 4) is 0 Å². The molecule has 0 aromatic heterocycles. The summed E-state index contributed by atoms with van der Waals surface area (Å²) < 4.78 is 6.35. The van der Waals surface area contributed by atoms with Gasteiger partial charge in [0.2, 0.25) is 0 Å². The molecule has 0 saturated heterocycles. The van der Waals surface area contributed by atoms with Crippen molar-refractivity contribution in [2.75, 3.05) is 13.7 Å². The second-order valence-electron chi connectivity index (χ2n) is 4.87. The normalized spacial score (nSPS) is 16.9. The van der Waals surface area contributed by atoms with Gasteiger partial charge in [-0.2, -0.15) is 0 Å². The summed E-state index contributed by atoms with van der Waals surface area (Å²) in [4.78, 5) is 10.6. The van der Waals surface area contributed by atoms with Crippen LogP contribution in [0.3, 0.4) is 0 Å². The maximum absolute atomic E-state index is 11.0. The van der Waals surface area contributed by atoms with E-state index in [1.807, 2.05) is 0 Å². The summed E-state index contributed by atoms with van der Waals surface area (Å²) >= 11 is 3.34. The average Bonchev–Trinajstić information content (AvgIpc) is 2.32. The molecule has 0 atom stereocenters. The first kappa shape index (κ1) is 14.4. The SMILES string of the molecule is COC1(CNCc2cc(Br)ccc2[N+](=O)[O-])CCC1. The minimum atomic E-state index is -0.348. The molecule has 1 aliphatic rings. The second kappa shape index (κ2) is 5.98. The monoisotopic (exact) mass is 328 g/mol. The van der Waals surface area contributed by atoms with E-state index < -0.39 is 0 Å². The van der Waals surface area contributed by atoms with Gasteiger partial charge in [-0.05, 0) is 31.4 Å². The molecule has 0 bridgehead atoms. The Balaban J connectivity index is 1.99. The topological polar surface area (TPSA) is 64.4 Å². The molecule has 0 aliphatic heterocycles. The molecule has 1 N–H and O–H groups in total. The number of ether oxygens (including phenoxy) is 1. The molecule has 1 aromatic rings. The zero-order valence-electron chi connectivity index (χ0n) is 10.8. The molecule has 1 aromatic carbocycles. The Labute approximate surface area is 120 Å². The standard InChI is InChI=1S/C13H17BrN2O3/c1-19-13(5-2-6-13)9-15-8-10-7-11(14)3-4-12(10)16(17)18/h3-4,7,15H,2,5-6,8-9H2,1H3. The van der Waals surface area contributed by atoms with Crippen LogP contribution < -0.4 is 5.32 Å². The summed E-state index contributed by atoms with van der Waals surface area (Å²) in [7, 11) is 1.72. The first-order valence-corrected chi connectivity index (χ1v) is 7.04. The van der Waals surface area contributed by atoms with Crippen molar-refractivity contribution >= 4 is 21.6 Å². The molecule has 2 rings (SSSR count). The van der Waals surface area contributed by atoms with Gasteiger partial charge in [0.25, 0.3) is 5.69 Å². The molecule has 5 nitrogen and oxygen atoms in total. The van der Waals surface area contributed by atoms with Crippen LogP contribution in [0.1, 0.15) is 24.8 Å². The van der Waals surface area contributed by atoms with E-state index in [0.717, 1.165) is 23.9 Å². The first-order valence-electron chi connectivity index (χ1n) is 6.25. The van der Waals surface area contributed by atoms with Crippen LogP contribution in [0.5, 0.6) is 0 Å². The molecule has 0 radical (unpaired) electrons. The number of benzene rings is 1. The van der Waals surface area contributed by atoms with E-state index in [4.69, 9.17) is 4.74 Å². The van der Waals surface area contributed by atoms with Crippen LogP contribution in [-0.2, 0) is 11.3 Å². The third-order valence-corrected chi connectivity index (χ3v) is 4.19. The number of nitrogens with zero attached hydrogens (tertiary/aromatic N) is 1. The van der Waals surface area contributed by atoms with Crippen molar-refractivity contribution in [3.05, 3.63) is 38.3 Å². The fraction of sp³-hybridized carbons (Fsp3) is 0.538. The van der Waals surface area contributed by atoms with Crippen LogP contribution in [-0.4, -0.2) is 24.2 Å². The Hall–Kier alpha value is -0.980. The molecule has 104 valence electrons. The van der Waals surface area contributed by atoms with E-state index in [2.05, 4.69) is 21.2 Å². The van der Waals surface area contributed by atoms with Crippen LogP contribution in [0, 0.1) is 10.1 Å². The summed E-state index contributed by atoms with van der Waals surface area (Å²) in [5, 5.41) is 14.2. The van der Waals surface area contributed by atoms with E-state index in [9.17, 15) is 10.1 Å². The van der Waals surface area contributed by atoms with Crippen LogP contribution in [0.15, 0.2) is 22.7 Å². The lowest BCUT2D eigenvalue weighted by Crippen LogP contribution is -2.47. The van der Waals surface area contributed by atoms with Crippen molar-refractivity contribution in [3.63, 3.8) is 0 Å². The Morgan fingerprint density at radius 1 is 1.53 bits per heavy atom. The number of hydrogen-bond acceptors (Lipinski definition) is 4. The van der Waals surface area contributed by atoms with E-state index in [-0.39, 0.29) is 16.2 Å². The third-order valence-electron chi connectivity index (χ3n) is 3.70. The molecule has 6 heteroatoms. The lowest BCUT2D eigenvalue weighted by atomic mass is 9.80. The van der Waals surface area contributed by atoms with Gasteiger partial charge in [-0.15, -0.1) is 0 Å². The van der Waals surface area contributed by atoms with Gasteiger partial charge in [0.05, 0.1) is 10.5 Å². The highest BCUT2D eigenvalue weighted by molar-refractivity contribution is 9.10. The van der Waals surface area contributed by atoms with Gasteiger partial charge in [-0.1, -0.05) is 15.9 Å². The Morgan fingerprint density at radius 3 is 2.79 bits per heavy atom. The minimum absolute atomic E-state index is 0.0687. The molecule has 19 heavy (non-hydrogen) atoms. The zero-order chi connectivity index (χ0) is 13.9. The maximum Gasteiger partial charge on any atom is 0.273 e. The molecular weight excluding hydrogens is 312 g/mol. The molecule has 0 amide bonds. The molecule has 0 spiro atoms. The summed E-state index contributed by atoms with van der Waals surface area (Å²) in [5.74, 6) is 0. The molecule has 1 fully saturated rings. The predicted octanol–water partition coefficient (Wildman–Crippen LogP) is 3.02. The summed E-state index contributed by atoms with van der Waals surface area (Å²) in [5.41, 5.74) is 0.765. The first-order chi connectivity index (χ1) is 9.06.